The molecule has 2 unspecified atom stereocenters. The van der Waals surface area contributed by atoms with Gasteiger partial charge >= 0.3 is 0 Å². The van der Waals surface area contributed by atoms with Crippen LogP contribution in [0.1, 0.15) is 27.2 Å². The number of nitrogens with zero attached hydrogens (tertiary/aromatic N) is 1. The molecule has 0 aromatic carbocycles. The van der Waals surface area contributed by atoms with Crippen molar-refractivity contribution in [1.82, 2.24) is 10.2 Å². The minimum absolute atomic E-state index is 0.379. The maximum Gasteiger partial charge on any atom is 0.0197 e. The molecule has 0 aromatic heterocycles. The van der Waals surface area contributed by atoms with Crippen molar-refractivity contribution in [1.29, 1.82) is 0 Å². The van der Waals surface area contributed by atoms with Crippen molar-refractivity contribution in [3.63, 3.8) is 0 Å². The van der Waals surface area contributed by atoms with Gasteiger partial charge in [-0.05, 0) is 45.6 Å². The molecule has 0 amide bonds. The molecule has 2 heteroatoms. The summed E-state index contributed by atoms with van der Waals surface area (Å²) in [4.78, 5) is 2.66. The van der Waals surface area contributed by atoms with Gasteiger partial charge in [-0.15, -0.1) is 6.58 Å². The van der Waals surface area contributed by atoms with Gasteiger partial charge in [0.2, 0.25) is 0 Å². The highest BCUT2D eigenvalue weighted by Gasteiger charge is 2.48. The van der Waals surface area contributed by atoms with Crippen LogP contribution in [-0.4, -0.2) is 36.6 Å². The van der Waals surface area contributed by atoms with Crippen molar-refractivity contribution in [3.8, 4) is 0 Å². The fourth-order valence-electron chi connectivity index (χ4n) is 3.21. The lowest BCUT2D eigenvalue weighted by Crippen LogP contribution is -2.44. The average Bonchev–Trinajstić information content (AvgIpc) is 2.66. The zero-order chi connectivity index (χ0) is 11.1. The van der Waals surface area contributed by atoms with E-state index in [1.165, 1.54) is 31.8 Å². The molecule has 1 N–H and O–H groups in total. The zero-order valence-electron chi connectivity index (χ0n) is 10.3. The third-order valence-electron chi connectivity index (χ3n) is 4.33. The van der Waals surface area contributed by atoms with Gasteiger partial charge in [-0.1, -0.05) is 5.57 Å². The van der Waals surface area contributed by atoms with E-state index in [-0.39, 0.29) is 0 Å². The van der Waals surface area contributed by atoms with Gasteiger partial charge in [-0.3, -0.25) is 4.90 Å². The molecular weight excluding hydrogens is 184 g/mol. The molecule has 2 aliphatic rings. The Morgan fingerprint density at radius 1 is 1.47 bits per heavy atom. The lowest BCUT2D eigenvalue weighted by atomic mass is 9.85. The summed E-state index contributed by atoms with van der Waals surface area (Å²) >= 11 is 0. The minimum atomic E-state index is 0.379. The number of fused-ring (bicyclic) bond motifs is 1. The van der Waals surface area contributed by atoms with Crippen LogP contribution in [0.2, 0.25) is 0 Å². The van der Waals surface area contributed by atoms with E-state index in [0.29, 0.717) is 5.54 Å². The molecule has 2 heterocycles. The Morgan fingerprint density at radius 2 is 2.20 bits per heavy atom. The monoisotopic (exact) mass is 208 g/mol. The van der Waals surface area contributed by atoms with Gasteiger partial charge in [-0.25, -0.2) is 0 Å². The fraction of sp³-hybridized carbons (Fsp3) is 0.846. The number of hydrogen-bond donors (Lipinski definition) is 1. The van der Waals surface area contributed by atoms with Crippen molar-refractivity contribution in [2.45, 2.75) is 32.7 Å². The van der Waals surface area contributed by atoms with Crippen LogP contribution in [0.15, 0.2) is 12.2 Å². The molecule has 0 aliphatic carbocycles. The highest BCUT2D eigenvalue weighted by Crippen LogP contribution is 2.40. The second-order valence-corrected chi connectivity index (χ2v) is 5.83. The van der Waals surface area contributed by atoms with Crippen LogP contribution in [0.4, 0.5) is 0 Å². The standard InChI is InChI=1S/C13H24N2/c1-10(2)5-6-15-9-11-7-14-8-12(11)13(15,3)4/h11-12,14H,1,5-9H2,2-4H3. The Morgan fingerprint density at radius 3 is 2.80 bits per heavy atom. The third kappa shape index (κ3) is 1.98. The van der Waals surface area contributed by atoms with Gasteiger partial charge in [0.05, 0.1) is 0 Å². The Labute approximate surface area is 93.7 Å². The van der Waals surface area contributed by atoms with Crippen molar-refractivity contribution in [2.24, 2.45) is 11.8 Å². The third-order valence-corrected chi connectivity index (χ3v) is 4.33. The quantitative estimate of drug-likeness (QED) is 0.712. The lowest BCUT2D eigenvalue weighted by molar-refractivity contribution is 0.141. The molecule has 0 saturated carbocycles. The number of hydrogen-bond acceptors (Lipinski definition) is 2. The van der Waals surface area contributed by atoms with E-state index in [4.69, 9.17) is 0 Å². The van der Waals surface area contributed by atoms with Crippen LogP contribution in [0.25, 0.3) is 0 Å². The molecule has 2 saturated heterocycles. The van der Waals surface area contributed by atoms with E-state index in [9.17, 15) is 0 Å². The first kappa shape index (κ1) is 11.2. The first-order chi connectivity index (χ1) is 7.01. The molecule has 0 radical (unpaired) electrons. The van der Waals surface area contributed by atoms with Crippen molar-refractivity contribution < 1.29 is 0 Å². The van der Waals surface area contributed by atoms with E-state index in [2.05, 4.69) is 37.6 Å². The second-order valence-electron chi connectivity index (χ2n) is 5.83. The van der Waals surface area contributed by atoms with E-state index < -0.39 is 0 Å². The molecule has 2 aliphatic heterocycles. The van der Waals surface area contributed by atoms with E-state index in [1.807, 2.05) is 0 Å². The van der Waals surface area contributed by atoms with Crippen LogP contribution >= 0.6 is 0 Å². The predicted octanol–water partition coefficient (Wildman–Crippen LogP) is 1.88. The van der Waals surface area contributed by atoms with Crippen LogP contribution < -0.4 is 5.32 Å². The SMILES string of the molecule is C=C(C)CCN1CC2CNCC2C1(C)C. The van der Waals surface area contributed by atoms with Gasteiger partial charge in [0.25, 0.3) is 0 Å². The van der Waals surface area contributed by atoms with E-state index in [1.54, 1.807) is 0 Å². The smallest absolute Gasteiger partial charge is 0.0197 e. The molecule has 2 fully saturated rings. The summed E-state index contributed by atoms with van der Waals surface area (Å²) in [7, 11) is 0. The summed E-state index contributed by atoms with van der Waals surface area (Å²) in [5.41, 5.74) is 1.69. The molecule has 2 atom stereocenters. The van der Waals surface area contributed by atoms with Crippen LogP contribution in [0.5, 0.6) is 0 Å². The van der Waals surface area contributed by atoms with Crippen LogP contribution in [-0.2, 0) is 0 Å². The highest BCUT2D eigenvalue weighted by atomic mass is 15.2. The molecule has 0 bridgehead atoms. The van der Waals surface area contributed by atoms with Crippen LogP contribution in [0.3, 0.4) is 0 Å². The summed E-state index contributed by atoms with van der Waals surface area (Å²) in [6, 6.07) is 0. The molecule has 2 rings (SSSR count). The number of rotatable bonds is 3. The molecule has 2 nitrogen and oxygen atoms in total. The van der Waals surface area contributed by atoms with Crippen molar-refractivity contribution in [3.05, 3.63) is 12.2 Å². The Bertz CT molecular complexity index is 257. The maximum atomic E-state index is 4.00. The largest absolute Gasteiger partial charge is 0.316 e. The minimum Gasteiger partial charge on any atom is -0.316 e. The zero-order valence-corrected chi connectivity index (χ0v) is 10.3. The molecule has 15 heavy (non-hydrogen) atoms. The number of likely N-dealkylation sites (tertiary alicyclic amines) is 1. The summed E-state index contributed by atoms with van der Waals surface area (Å²) in [6.07, 6.45) is 1.15. The lowest BCUT2D eigenvalue weighted by Gasteiger charge is -2.35. The van der Waals surface area contributed by atoms with Gasteiger partial charge in [0.15, 0.2) is 0 Å². The van der Waals surface area contributed by atoms with Crippen molar-refractivity contribution >= 4 is 0 Å². The summed E-state index contributed by atoms with van der Waals surface area (Å²) in [5.74, 6) is 1.73. The van der Waals surface area contributed by atoms with Gasteiger partial charge in [0, 0.05) is 25.2 Å². The van der Waals surface area contributed by atoms with E-state index >= 15 is 0 Å². The van der Waals surface area contributed by atoms with Crippen molar-refractivity contribution in [2.75, 3.05) is 26.2 Å². The van der Waals surface area contributed by atoms with Gasteiger partial charge in [0.1, 0.15) is 0 Å². The fourth-order valence-corrected chi connectivity index (χ4v) is 3.21. The second kappa shape index (κ2) is 3.91. The van der Waals surface area contributed by atoms with E-state index in [0.717, 1.165) is 18.3 Å². The molecule has 86 valence electrons. The van der Waals surface area contributed by atoms with Gasteiger partial charge < -0.3 is 5.32 Å². The summed E-state index contributed by atoms with van der Waals surface area (Å²) < 4.78 is 0. The van der Waals surface area contributed by atoms with Crippen LogP contribution in [0, 0.1) is 11.8 Å². The molecule has 0 spiro atoms. The summed E-state index contributed by atoms with van der Waals surface area (Å²) in [6.45, 7) is 15.8. The van der Waals surface area contributed by atoms with Gasteiger partial charge in [-0.2, -0.15) is 0 Å². The summed E-state index contributed by atoms with van der Waals surface area (Å²) in [5, 5.41) is 3.52. The maximum absolute atomic E-state index is 4.00. The first-order valence-corrected chi connectivity index (χ1v) is 6.12. The normalized spacial score (nSPS) is 34.3. The molecule has 0 aromatic rings. The Hall–Kier alpha value is -0.340. The number of nitrogens with one attached hydrogen (secondary N) is 1. The Kier molecular flexibility index (Phi) is 2.91. The first-order valence-electron chi connectivity index (χ1n) is 6.12. The average molecular weight is 208 g/mol. The molecular formula is C13H24N2. The topological polar surface area (TPSA) is 15.3 Å². The predicted molar refractivity (Wildman–Crippen MR) is 64.9 cm³/mol. The highest BCUT2D eigenvalue weighted by molar-refractivity contribution is 5.05. The Balaban J connectivity index is 1.99.